The third-order valence-electron chi connectivity index (χ3n) is 2.92. The van der Waals surface area contributed by atoms with E-state index in [0.717, 1.165) is 12.2 Å². The van der Waals surface area contributed by atoms with Crippen LogP contribution in [-0.4, -0.2) is 24.8 Å². The van der Waals surface area contributed by atoms with E-state index in [-0.39, 0.29) is 18.0 Å². The van der Waals surface area contributed by atoms with Gasteiger partial charge in [-0.05, 0) is 18.7 Å². The van der Waals surface area contributed by atoms with E-state index >= 15 is 0 Å². The average Bonchev–Trinajstić information content (AvgIpc) is 2.72. The molecule has 0 saturated carbocycles. The first-order valence-corrected chi connectivity index (χ1v) is 6.08. The van der Waals surface area contributed by atoms with Gasteiger partial charge in [0.05, 0.1) is 18.2 Å². The smallest absolute Gasteiger partial charge is 0.233 e. The van der Waals surface area contributed by atoms with E-state index in [9.17, 15) is 4.79 Å². The molecule has 1 fully saturated rings. The molecule has 1 amide bonds. The molecule has 98 valence electrons. The molecule has 1 heterocycles. The summed E-state index contributed by atoms with van der Waals surface area (Å²) in [5.41, 5.74) is 12.5. The van der Waals surface area contributed by atoms with Crippen molar-refractivity contribution in [1.29, 1.82) is 0 Å². The number of hydrogen-bond acceptors (Lipinski definition) is 5. The lowest BCUT2D eigenvalue weighted by molar-refractivity contribution is -0.120. The minimum atomic E-state index is -0.405. The van der Waals surface area contributed by atoms with E-state index in [0.29, 0.717) is 0 Å². The third kappa shape index (κ3) is 2.85. The first-order chi connectivity index (χ1) is 8.72. The second-order valence-electron chi connectivity index (χ2n) is 4.23. The number of carbonyl (C=O) groups excluding carboxylic acids is 1. The lowest BCUT2D eigenvalue weighted by Crippen LogP contribution is -2.48. The fraction of sp³-hybridized carbons (Fsp3) is 0.417. The summed E-state index contributed by atoms with van der Waals surface area (Å²) < 4.78 is 0. The van der Waals surface area contributed by atoms with Crippen molar-refractivity contribution in [3.63, 3.8) is 0 Å². The van der Waals surface area contributed by atoms with Crippen LogP contribution in [0.4, 0.5) is 5.69 Å². The normalized spacial score (nSPS) is 27.1. The van der Waals surface area contributed by atoms with E-state index in [4.69, 9.17) is 5.73 Å². The number of nitrogens with one attached hydrogen (secondary N) is 4. The number of amides is 1. The van der Waals surface area contributed by atoms with Crippen molar-refractivity contribution in [3.05, 3.63) is 30.3 Å². The van der Waals surface area contributed by atoms with Crippen molar-refractivity contribution in [3.8, 4) is 0 Å². The summed E-state index contributed by atoms with van der Waals surface area (Å²) in [6, 6.07) is 9.36. The van der Waals surface area contributed by atoms with Gasteiger partial charge in [-0.25, -0.2) is 10.9 Å². The Bertz CT molecular complexity index is 395. The van der Waals surface area contributed by atoms with E-state index < -0.39 is 6.17 Å². The Morgan fingerprint density at radius 2 is 2.06 bits per heavy atom. The summed E-state index contributed by atoms with van der Waals surface area (Å²) in [5, 5.41) is 6.04. The van der Waals surface area contributed by atoms with Gasteiger partial charge >= 0.3 is 0 Å². The number of hydrogen-bond donors (Lipinski definition) is 5. The van der Waals surface area contributed by atoms with Gasteiger partial charge in [0.1, 0.15) is 0 Å². The highest BCUT2D eigenvalue weighted by Crippen LogP contribution is 2.14. The van der Waals surface area contributed by atoms with Crippen LogP contribution < -0.4 is 27.2 Å². The molecule has 6 N–H and O–H groups in total. The molecule has 0 aliphatic carbocycles. The largest absolute Gasteiger partial charge is 0.326 e. The molecule has 0 spiro atoms. The van der Waals surface area contributed by atoms with Crippen molar-refractivity contribution in [2.75, 3.05) is 11.9 Å². The van der Waals surface area contributed by atoms with Gasteiger partial charge in [0.2, 0.25) is 5.91 Å². The van der Waals surface area contributed by atoms with Crippen LogP contribution in [0.15, 0.2) is 30.3 Å². The molecule has 3 unspecified atom stereocenters. The Balaban J connectivity index is 2.02. The number of para-hydroxylation sites is 1. The number of carbonyl (C=O) groups is 1. The van der Waals surface area contributed by atoms with Gasteiger partial charge in [-0.15, -0.1) is 0 Å². The number of benzene rings is 1. The van der Waals surface area contributed by atoms with Gasteiger partial charge in [0.25, 0.3) is 0 Å². The van der Waals surface area contributed by atoms with Crippen LogP contribution in [0.25, 0.3) is 0 Å². The molecule has 6 heteroatoms. The maximum atomic E-state index is 12.2. The van der Waals surface area contributed by atoms with Crippen LogP contribution in [0.5, 0.6) is 0 Å². The minimum absolute atomic E-state index is 0.0999. The summed E-state index contributed by atoms with van der Waals surface area (Å²) in [6.45, 7) is 2.75. The second kappa shape index (κ2) is 5.92. The number of nitrogens with two attached hydrogens (primary N) is 1. The third-order valence-corrected chi connectivity index (χ3v) is 2.92. The monoisotopic (exact) mass is 249 g/mol. The minimum Gasteiger partial charge on any atom is -0.326 e. The van der Waals surface area contributed by atoms with E-state index in [1.807, 2.05) is 37.3 Å². The van der Waals surface area contributed by atoms with Crippen LogP contribution in [0.2, 0.25) is 0 Å². The van der Waals surface area contributed by atoms with E-state index in [1.165, 1.54) is 0 Å². The van der Waals surface area contributed by atoms with Crippen LogP contribution in [0.1, 0.15) is 6.92 Å². The molecule has 6 nitrogen and oxygen atoms in total. The molecule has 0 bridgehead atoms. The van der Waals surface area contributed by atoms with Crippen molar-refractivity contribution in [1.82, 2.24) is 16.2 Å². The highest BCUT2D eigenvalue weighted by atomic mass is 16.2. The molecular formula is C12H19N5O. The Hall–Kier alpha value is -1.47. The zero-order chi connectivity index (χ0) is 13.0. The van der Waals surface area contributed by atoms with Crippen LogP contribution >= 0.6 is 0 Å². The summed E-state index contributed by atoms with van der Waals surface area (Å²) >= 11 is 0. The predicted octanol–water partition coefficient (Wildman–Crippen LogP) is -0.430. The average molecular weight is 249 g/mol. The predicted molar refractivity (Wildman–Crippen MR) is 70.3 cm³/mol. The molecule has 1 aliphatic heterocycles. The van der Waals surface area contributed by atoms with Gasteiger partial charge < -0.3 is 16.4 Å². The first-order valence-electron chi connectivity index (χ1n) is 6.08. The Labute approximate surface area is 106 Å². The Morgan fingerprint density at radius 3 is 2.72 bits per heavy atom. The van der Waals surface area contributed by atoms with Gasteiger partial charge in [0, 0.05) is 5.69 Å². The number of rotatable bonds is 4. The fourth-order valence-corrected chi connectivity index (χ4v) is 2.03. The van der Waals surface area contributed by atoms with Crippen molar-refractivity contribution < 1.29 is 4.79 Å². The van der Waals surface area contributed by atoms with Crippen molar-refractivity contribution in [2.45, 2.75) is 19.3 Å². The molecular weight excluding hydrogens is 230 g/mol. The van der Waals surface area contributed by atoms with Gasteiger partial charge in [-0.2, -0.15) is 0 Å². The highest BCUT2D eigenvalue weighted by Gasteiger charge is 2.38. The summed E-state index contributed by atoms with van der Waals surface area (Å²) in [4.78, 5) is 12.2. The molecule has 3 atom stereocenters. The quantitative estimate of drug-likeness (QED) is 0.499. The molecule has 18 heavy (non-hydrogen) atoms. The van der Waals surface area contributed by atoms with E-state index in [2.05, 4.69) is 21.5 Å². The van der Waals surface area contributed by atoms with Gasteiger partial charge in [-0.3, -0.25) is 4.79 Å². The lowest BCUT2D eigenvalue weighted by atomic mass is 10.0. The zero-order valence-electron chi connectivity index (χ0n) is 10.3. The van der Waals surface area contributed by atoms with Crippen LogP contribution in [0, 0.1) is 5.92 Å². The molecule has 1 aromatic rings. The fourth-order valence-electron chi connectivity index (χ4n) is 2.03. The SMILES string of the molecule is CCNC1NNC(N)C1C(=O)Nc1ccccc1. The number of anilines is 1. The Kier molecular flexibility index (Phi) is 4.27. The molecule has 0 radical (unpaired) electrons. The topological polar surface area (TPSA) is 91.2 Å². The molecule has 1 aliphatic rings. The van der Waals surface area contributed by atoms with Crippen molar-refractivity contribution >= 4 is 11.6 Å². The molecule has 2 rings (SSSR count). The van der Waals surface area contributed by atoms with Crippen LogP contribution in [0.3, 0.4) is 0 Å². The maximum absolute atomic E-state index is 12.2. The highest BCUT2D eigenvalue weighted by molar-refractivity contribution is 5.93. The Morgan fingerprint density at radius 1 is 1.33 bits per heavy atom. The summed E-state index contributed by atoms with van der Waals surface area (Å²) in [7, 11) is 0. The molecule has 1 saturated heterocycles. The second-order valence-corrected chi connectivity index (χ2v) is 4.23. The summed E-state index contributed by atoms with van der Waals surface area (Å²) in [6.07, 6.45) is -0.563. The van der Waals surface area contributed by atoms with Gasteiger partial charge in [0.15, 0.2) is 0 Å². The number of hydrazine groups is 1. The van der Waals surface area contributed by atoms with Crippen LogP contribution in [-0.2, 0) is 4.79 Å². The van der Waals surface area contributed by atoms with Gasteiger partial charge in [-0.1, -0.05) is 25.1 Å². The lowest BCUT2D eigenvalue weighted by Gasteiger charge is -2.20. The molecule has 0 aromatic heterocycles. The maximum Gasteiger partial charge on any atom is 0.233 e. The van der Waals surface area contributed by atoms with Crippen molar-refractivity contribution in [2.24, 2.45) is 11.7 Å². The standard InChI is InChI=1S/C12H19N5O/c1-2-14-11-9(10(13)16-17-11)12(18)15-8-6-4-3-5-7-8/h3-7,9-11,14,16-17H,2,13H2,1H3,(H,15,18). The molecule has 1 aromatic carbocycles. The first kappa shape index (κ1) is 13.0. The zero-order valence-corrected chi connectivity index (χ0v) is 10.3. The summed E-state index contributed by atoms with van der Waals surface area (Å²) in [5.74, 6) is -0.456. The van der Waals surface area contributed by atoms with E-state index in [1.54, 1.807) is 0 Å².